The summed E-state index contributed by atoms with van der Waals surface area (Å²) in [6.45, 7) is 0. The lowest BCUT2D eigenvalue weighted by Gasteiger charge is -2.32. The standard InChI is InChI=1S/C19H13N3O3/c20-10-13(11-21)19(14-8-4-5-9-15(14)22-18(19)25)17(24)16(23)12-6-2-1-3-7-12/h1-9,13,17,24H,(H,22,25)/t17-,19+/m1/s1. The van der Waals surface area contributed by atoms with Crippen molar-refractivity contribution >= 4 is 17.4 Å². The summed E-state index contributed by atoms with van der Waals surface area (Å²) in [7, 11) is 0. The number of fused-ring (bicyclic) bond motifs is 1. The van der Waals surface area contributed by atoms with Gasteiger partial charge in [-0.15, -0.1) is 0 Å². The van der Waals surface area contributed by atoms with Crippen LogP contribution in [-0.2, 0) is 10.2 Å². The highest BCUT2D eigenvalue weighted by Crippen LogP contribution is 2.46. The molecule has 0 aliphatic carbocycles. The van der Waals surface area contributed by atoms with E-state index in [4.69, 9.17) is 0 Å². The van der Waals surface area contributed by atoms with Crippen molar-refractivity contribution in [2.24, 2.45) is 5.92 Å². The molecule has 0 unspecified atom stereocenters. The van der Waals surface area contributed by atoms with Gasteiger partial charge in [-0.2, -0.15) is 10.5 Å². The second kappa shape index (κ2) is 6.20. The van der Waals surface area contributed by atoms with E-state index in [-0.39, 0.29) is 11.1 Å². The molecule has 1 heterocycles. The quantitative estimate of drug-likeness (QED) is 0.829. The first-order valence-electron chi connectivity index (χ1n) is 7.55. The highest BCUT2D eigenvalue weighted by atomic mass is 16.3. The monoisotopic (exact) mass is 331 g/mol. The molecule has 122 valence electrons. The van der Waals surface area contributed by atoms with Crippen LogP contribution >= 0.6 is 0 Å². The third-order valence-electron chi connectivity index (χ3n) is 4.45. The van der Waals surface area contributed by atoms with E-state index in [1.54, 1.807) is 48.5 Å². The summed E-state index contributed by atoms with van der Waals surface area (Å²) in [5, 5.41) is 32.3. The van der Waals surface area contributed by atoms with Crippen molar-refractivity contribution in [3.8, 4) is 12.1 Å². The Morgan fingerprint density at radius 1 is 1.04 bits per heavy atom. The number of Topliss-reactive ketones (excluding diaryl/α,β-unsaturated/α-hetero) is 1. The molecule has 3 rings (SSSR count). The molecule has 1 amide bonds. The lowest BCUT2D eigenvalue weighted by atomic mass is 9.66. The van der Waals surface area contributed by atoms with Gasteiger partial charge in [0.1, 0.15) is 11.5 Å². The summed E-state index contributed by atoms with van der Waals surface area (Å²) in [4.78, 5) is 25.5. The maximum Gasteiger partial charge on any atom is 0.240 e. The van der Waals surface area contributed by atoms with Crippen LogP contribution in [0.15, 0.2) is 54.6 Å². The summed E-state index contributed by atoms with van der Waals surface area (Å²) in [6.07, 6.45) is -1.87. The van der Waals surface area contributed by atoms with E-state index in [1.807, 2.05) is 0 Å². The third-order valence-corrected chi connectivity index (χ3v) is 4.45. The van der Waals surface area contributed by atoms with Crippen molar-refractivity contribution in [2.75, 3.05) is 5.32 Å². The zero-order valence-electron chi connectivity index (χ0n) is 13.0. The van der Waals surface area contributed by atoms with Crippen molar-refractivity contribution < 1.29 is 14.7 Å². The Kier molecular flexibility index (Phi) is 4.06. The molecular weight excluding hydrogens is 318 g/mol. The van der Waals surface area contributed by atoms with Gasteiger partial charge in [-0.25, -0.2) is 0 Å². The molecule has 0 aromatic heterocycles. The Labute approximate surface area is 143 Å². The fourth-order valence-electron chi connectivity index (χ4n) is 3.22. The van der Waals surface area contributed by atoms with Crippen molar-refractivity contribution in [1.29, 1.82) is 10.5 Å². The summed E-state index contributed by atoms with van der Waals surface area (Å²) >= 11 is 0. The number of carbonyl (C=O) groups is 2. The van der Waals surface area contributed by atoms with Gasteiger partial charge in [-0.1, -0.05) is 48.5 Å². The van der Waals surface area contributed by atoms with E-state index >= 15 is 0 Å². The molecule has 0 saturated heterocycles. The number of anilines is 1. The molecule has 1 aliphatic rings. The van der Waals surface area contributed by atoms with Crippen LogP contribution in [0.5, 0.6) is 0 Å². The van der Waals surface area contributed by atoms with Gasteiger partial charge in [0.05, 0.1) is 12.1 Å². The van der Waals surface area contributed by atoms with Crippen LogP contribution in [0.4, 0.5) is 5.69 Å². The van der Waals surface area contributed by atoms with Gasteiger partial charge in [0.25, 0.3) is 0 Å². The fraction of sp³-hybridized carbons (Fsp3) is 0.158. The number of nitrogens with zero attached hydrogens (tertiary/aromatic N) is 2. The fourth-order valence-corrected chi connectivity index (χ4v) is 3.22. The number of aliphatic hydroxyl groups excluding tert-OH is 1. The van der Waals surface area contributed by atoms with E-state index < -0.39 is 29.1 Å². The van der Waals surface area contributed by atoms with Gasteiger partial charge in [0.2, 0.25) is 5.91 Å². The van der Waals surface area contributed by atoms with Crippen LogP contribution in [0.1, 0.15) is 15.9 Å². The SMILES string of the molecule is N#CC(C#N)[C@]1([C@H](O)C(=O)c2ccccc2)C(=O)Nc2ccccc21. The number of hydrogen-bond acceptors (Lipinski definition) is 5. The Hall–Kier alpha value is -3.48. The molecular formula is C19H13N3O3. The van der Waals surface area contributed by atoms with Gasteiger partial charge in [0.15, 0.2) is 11.7 Å². The average Bonchev–Trinajstić information content (AvgIpc) is 2.95. The molecule has 1 aliphatic heterocycles. The smallest absolute Gasteiger partial charge is 0.240 e. The van der Waals surface area contributed by atoms with Gasteiger partial charge in [-0.05, 0) is 11.6 Å². The van der Waals surface area contributed by atoms with Crippen molar-refractivity contribution in [2.45, 2.75) is 11.5 Å². The summed E-state index contributed by atoms with van der Waals surface area (Å²) in [5.74, 6) is -2.99. The molecule has 6 heteroatoms. The van der Waals surface area contributed by atoms with E-state index in [1.165, 1.54) is 18.2 Å². The molecule has 0 bridgehead atoms. The Balaban J connectivity index is 2.21. The Morgan fingerprint density at radius 2 is 1.64 bits per heavy atom. The molecule has 0 spiro atoms. The maximum atomic E-state index is 12.8. The van der Waals surface area contributed by atoms with Crippen LogP contribution in [0.2, 0.25) is 0 Å². The first-order chi connectivity index (χ1) is 12.1. The maximum absolute atomic E-state index is 12.8. The molecule has 2 aromatic rings. The number of ketones is 1. The Morgan fingerprint density at radius 3 is 2.28 bits per heavy atom. The average molecular weight is 331 g/mol. The molecule has 2 N–H and O–H groups in total. The largest absolute Gasteiger partial charge is 0.383 e. The predicted molar refractivity (Wildman–Crippen MR) is 88.2 cm³/mol. The van der Waals surface area contributed by atoms with E-state index in [2.05, 4.69) is 5.32 Å². The van der Waals surface area contributed by atoms with Gasteiger partial charge in [-0.3, -0.25) is 9.59 Å². The molecule has 25 heavy (non-hydrogen) atoms. The zero-order chi connectivity index (χ0) is 18.0. The van der Waals surface area contributed by atoms with Crippen molar-refractivity contribution in [3.05, 3.63) is 65.7 Å². The number of amides is 1. The zero-order valence-corrected chi connectivity index (χ0v) is 13.0. The number of rotatable bonds is 4. The molecule has 2 aromatic carbocycles. The lowest BCUT2D eigenvalue weighted by Crippen LogP contribution is -2.54. The van der Waals surface area contributed by atoms with Gasteiger partial charge >= 0.3 is 0 Å². The molecule has 0 saturated carbocycles. The van der Waals surface area contributed by atoms with E-state index in [0.717, 1.165) is 0 Å². The Bertz CT molecular complexity index is 913. The number of benzene rings is 2. The number of hydrogen-bond donors (Lipinski definition) is 2. The first kappa shape index (κ1) is 16.4. The predicted octanol–water partition coefficient (Wildman–Crippen LogP) is 1.78. The van der Waals surface area contributed by atoms with Gasteiger partial charge in [0, 0.05) is 11.3 Å². The van der Waals surface area contributed by atoms with Crippen molar-refractivity contribution in [1.82, 2.24) is 0 Å². The number of para-hydroxylation sites is 1. The normalized spacial score (nSPS) is 19.4. The second-order valence-electron chi connectivity index (χ2n) is 5.69. The van der Waals surface area contributed by atoms with Crippen LogP contribution in [0, 0.1) is 28.6 Å². The summed E-state index contributed by atoms with van der Waals surface area (Å²) < 4.78 is 0. The minimum atomic E-state index is -1.98. The van der Waals surface area contributed by atoms with Crippen LogP contribution < -0.4 is 5.32 Å². The number of aliphatic hydroxyl groups is 1. The van der Waals surface area contributed by atoms with Gasteiger partial charge < -0.3 is 10.4 Å². The van der Waals surface area contributed by atoms with Crippen molar-refractivity contribution in [3.63, 3.8) is 0 Å². The molecule has 0 radical (unpaired) electrons. The number of nitriles is 2. The first-order valence-corrected chi connectivity index (χ1v) is 7.55. The lowest BCUT2D eigenvalue weighted by molar-refractivity contribution is -0.124. The van der Waals surface area contributed by atoms with Crippen LogP contribution in [0.25, 0.3) is 0 Å². The van der Waals surface area contributed by atoms with Crippen LogP contribution in [-0.4, -0.2) is 22.9 Å². The highest BCUT2D eigenvalue weighted by molar-refractivity contribution is 6.13. The second-order valence-corrected chi connectivity index (χ2v) is 5.69. The number of nitrogens with one attached hydrogen (secondary N) is 1. The highest BCUT2D eigenvalue weighted by Gasteiger charge is 2.60. The number of carbonyl (C=O) groups excluding carboxylic acids is 2. The summed E-state index contributed by atoms with van der Waals surface area (Å²) in [6, 6.07) is 17.9. The van der Waals surface area contributed by atoms with E-state index in [0.29, 0.717) is 5.69 Å². The minimum Gasteiger partial charge on any atom is -0.383 e. The summed E-state index contributed by atoms with van der Waals surface area (Å²) in [5.41, 5.74) is -1.14. The molecule has 0 fully saturated rings. The topological polar surface area (TPSA) is 114 Å². The molecule has 6 nitrogen and oxygen atoms in total. The minimum absolute atomic E-state index is 0.196. The third kappa shape index (κ3) is 2.28. The molecule has 2 atom stereocenters. The van der Waals surface area contributed by atoms with E-state index in [9.17, 15) is 25.2 Å². The van der Waals surface area contributed by atoms with Crippen LogP contribution in [0.3, 0.4) is 0 Å².